The zero-order valence-corrected chi connectivity index (χ0v) is 21.5. The minimum absolute atomic E-state index is 0.388. The molecule has 0 saturated heterocycles. The van der Waals surface area contributed by atoms with Gasteiger partial charge >= 0.3 is 0 Å². The average molecular weight is 433 g/mol. The van der Waals surface area contributed by atoms with Crippen molar-refractivity contribution >= 4 is 0 Å². The second-order valence-electron chi connectivity index (χ2n) is 12.1. The van der Waals surface area contributed by atoms with Crippen molar-refractivity contribution in [3.05, 3.63) is 0 Å². The van der Waals surface area contributed by atoms with E-state index in [4.69, 9.17) is 0 Å². The van der Waals surface area contributed by atoms with E-state index in [1.807, 2.05) is 0 Å². The molecule has 1 nitrogen and oxygen atoms in total. The van der Waals surface area contributed by atoms with Crippen molar-refractivity contribution < 1.29 is 5.11 Å². The Balaban J connectivity index is 1.44. The first-order valence-electron chi connectivity index (χ1n) is 14.8. The Kier molecular flexibility index (Phi) is 11.2. The highest BCUT2D eigenvalue weighted by Crippen LogP contribution is 2.50. The summed E-state index contributed by atoms with van der Waals surface area (Å²) in [7, 11) is 0. The second-order valence-corrected chi connectivity index (χ2v) is 12.1. The molecule has 0 aromatic carbocycles. The molecule has 0 amide bonds. The zero-order valence-electron chi connectivity index (χ0n) is 21.5. The number of aliphatic hydroxyl groups is 1. The molecule has 31 heavy (non-hydrogen) atoms. The molecule has 0 aliphatic heterocycles. The van der Waals surface area contributed by atoms with E-state index in [0.29, 0.717) is 6.61 Å². The van der Waals surface area contributed by atoms with Crippen LogP contribution in [-0.4, -0.2) is 11.7 Å². The normalized spacial score (nSPS) is 39.5. The third-order valence-corrected chi connectivity index (χ3v) is 10.3. The summed E-state index contributed by atoms with van der Waals surface area (Å²) in [5.41, 5.74) is 0. The lowest BCUT2D eigenvalue weighted by molar-refractivity contribution is 0.0368. The van der Waals surface area contributed by atoms with E-state index < -0.39 is 0 Å². The lowest BCUT2D eigenvalue weighted by atomic mass is 9.59. The molecule has 0 radical (unpaired) electrons. The molecule has 3 fully saturated rings. The smallest absolute Gasteiger partial charge is 0.0431 e. The standard InChI is InChI=1S/C30H56O/c1-4-8-23-10-12-24(13-11-23)14-15-26-17-19-30(28(6-3)22-26)29-18-16-25(9-7-20-31)21-27(29)5-2/h23-31H,4-22H2,1-3H3. The van der Waals surface area contributed by atoms with Gasteiger partial charge in [-0.3, -0.25) is 0 Å². The van der Waals surface area contributed by atoms with Gasteiger partial charge in [-0.25, -0.2) is 0 Å². The highest BCUT2D eigenvalue weighted by Gasteiger charge is 2.40. The first-order valence-corrected chi connectivity index (χ1v) is 14.8. The molecule has 3 rings (SSSR count). The molecule has 1 N–H and O–H groups in total. The molecule has 0 aromatic heterocycles. The molecule has 3 aliphatic carbocycles. The fourth-order valence-corrected chi connectivity index (χ4v) is 8.43. The topological polar surface area (TPSA) is 20.2 Å². The van der Waals surface area contributed by atoms with E-state index in [1.54, 1.807) is 6.42 Å². The molecule has 0 spiro atoms. The summed E-state index contributed by atoms with van der Waals surface area (Å²) in [4.78, 5) is 0. The van der Waals surface area contributed by atoms with Crippen LogP contribution < -0.4 is 0 Å². The molecular formula is C30H56O. The van der Waals surface area contributed by atoms with E-state index >= 15 is 0 Å². The molecule has 0 heterocycles. The summed E-state index contributed by atoms with van der Waals surface area (Å²) >= 11 is 0. The Bertz CT molecular complexity index is 465. The van der Waals surface area contributed by atoms with Gasteiger partial charge in [0.2, 0.25) is 0 Å². The first-order chi connectivity index (χ1) is 15.2. The fraction of sp³-hybridized carbons (Fsp3) is 1.00. The van der Waals surface area contributed by atoms with E-state index in [2.05, 4.69) is 20.8 Å². The van der Waals surface area contributed by atoms with Crippen LogP contribution in [0.3, 0.4) is 0 Å². The van der Waals surface area contributed by atoms with Gasteiger partial charge in [-0.1, -0.05) is 97.8 Å². The van der Waals surface area contributed by atoms with Gasteiger partial charge in [0.05, 0.1) is 0 Å². The lowest BCUT2D eigenvalue weighted by Gasteiger charge is -2.46. The van der Waals surface area contributed by atoms with E-state index in [0.717, 1.165) is 53.8 Å². The number of rotatable bonds is 11. The maximum atomic E-state index is 9.23. The van der Waals surface area contributed by atoms with Gasteiger partial charge < -0.3 is 5.11 Å². The van der Waals surface area contributed by atoms with E-state index in [9.17, 15) is 5.11 Å². The third kappa shape index (κ3) is 7.48. The van der Waals surface area contributed by atoms with E-state index in [1.165, 1.54) is 103 Å². The number of aliphatic hydroxyl groups excluding tert-OH is 1. The molecule has 3 saturated carbocycles. The Morgan fingerprint density at radius 2 is 1.00 bits per heavy atom. The molecular weight excluding hydrogens is 376 g/mol. The summed E-state index contributed by atoms with van der Waals surface area (Å²) in [5.74, 6) is 8.06. The van der Waals surface area contributed by atoms with Gasteiger partial charge in [-0.15, -0.1) is 0 Å². The van der Waals surface area contributed by atoms with Crippen molar-refractivity contribution in [2.45, 2.75) is 136 Å². The predicted octanol–water partition coefficient (Wildman–Crippen LogP) is 9.03. The Morgan fingerprint density at radius 3 is 1.48 bits per heavy atom. The highest BCUT2D eigenvalue weighted by atomic mass is 16.2. The minimum atomic E-state index is 0.388. The van der Waals surface area contributed by atoms with Crippen LogP contribution in [-0.2, 0) is 0 Å². The van der Waals surface area contributed by atoms with Gasteiger partial charge in [0, 0.05) is 6.61 Å². The van der Waals surface area contributed by atoms with Crippen molar-refractivity contribution in [3.63, 3.8) is 0 Å². The maximum absolute atomic E-state index is 9.23. The van der Waals surface area contributed by atoms with Crippen LogP contribution in [0, 0.1) is 47.3 Å². The van der Waals surface area contributed by atoms with Crippen molar-refractivity contribution in [2.24, 2.45) is 47.3 Å². The van der Waals surface area contributed by atoms with Crippen LogP contribution in [0.4, 0.5) is 0 Å². The van der Waals surface area contributed by atoms with Crippen molar-refractivity contribution in [2.75, 3.05) is 6.61 Å². The van der Waals surface area contributed by atoms with Crippen molar-refractivity contribution in [1.82, 2.24) is 0 Å². The van der Waals surface area contributed by atoms with Gasteiger partial charge in [0.1, 0.15) is 0 Å². The van der Waals surface area contributed by atoms with E-state index in [-0.39, 0.29) is 0 Å². The van der Waals surface area contributed by atoms with Crippen LogP contribution in [0.15, 0.2) is 0 Å². The molecule has 182 valence electrons. The largest absolute Gasteiger partial charge is 0.396 e. The SMILES string of the molecule is CCCC1CCC(CCC2CCC(C3CCC(CCCO)CC3CC)C(CC)C2)CC1. The average Bonchev–Trinajstić information content (AvgIpc) is 2.82. The summed E-state index contributed by atoms with van der Waals surface area (Å²) in [6.45, 7) is 7.69. The predicted molar refractivity (Wildman–Crippen MR) is 135 cm³/mol. The molecule has 6 atom stereocenters. The van der Waals surface area contributed by atoms with Gasteiger partial charge in [0.25, 0.3) is 0 Å². The van der Waals surface area contributed by atoms with Crippen LogP contribution in [0.2, 0.25) is 0 Å². The molecule has 1 heteroatoms. The number of hydrogen-bond donors (Lipinski definition) is 1. The van der Waals surface area contributed by atoms with Crippen LogP contribution in [0.1, 0.15) is 136 Å². The minimum Gasteiger partial charge on any atom is -0.396 e. The van der Waals surface area contributed by atoms with Gasteiger partial charge in [-0.05, 0) is 85.9 Å². The Hall–Kier alpha value is -0.0400. The molecule has 0 bridgehead atoms. The van der Waals surface area contributed by atoms with Crippen LogP contribution in [0.5, 0.6) is 0 Å². The summed E-state index contributed by atoms with van der Waals surface area (Å²) < 4.78 is 0. The quantitative estimate of drug-likeness (QED) is 0.345. The zero-order chi connectivity index (χ0) is 22.1. The van der Waals surface area contributed by atoms with Crippen LogP contribution >= 0.6 is 0 Å². The van der Waals surface area contributed by atoms with Gasteiger partial charge in [-0.2, -0.15) is 0 Å². The summed E-state index contributed by atoms with van der Waals surface area (Å²) in [6.07, 6.45) is 26.2. The van der Waals surface area contributed by atoms with Crippen LogP contribution in [0.25, 0.3) is 0 Å². The Morgan fingerprint density at radius 1 is 0.548 bits per heavy atom. The first kappa shape index (κ1) is 25.6. The second kappa shape index (κ2) is 13.6. The fourth-order valence-electron chi connectivity index (χ4n) is 8.43. The molecule has 3 aliphatic rings. The van der Waals surface area contributed by atoms with Crippen molar-refractivity contribution in [1.29, 1.82) is 0 Å². The van der Waals surface area contributed by atoms with Gasteiger partial charge in [0.15, 0.2) is 0 Å². The number of hydrogen-bond acceptors (Lipinski definition) is 1. The highest BCUT2D eigenvalue weighted by molar-refractivity contribution is 4.90. The summed E-state index contributed by atoms with van der Waals surface area (Å²) in [5, 5.41) is 9.23. The molecule has 6 unspecified atom stereocenters. The lowest BCUT2D eigenvalue weighted by Crippen LogP contribution is -2.37. The summed E-state index contributed by atoms with van der Waals surface area (Å²) in [6, 6.07) is 0. The monoisotopic (exact) mass is 432 g/mol. The maximum Gasteiger partial charge on any atom is 0.0431 e. The van der Waals surface area contributed by atoms with Crippen molar-refractivity contribution in [3.8, 4) is 0 Å². The third-order valence-electron chi connectivity index (χ3n) is 10.3. The Labute approximate surface area is 195 Å². The molecule has 0 aromatic rings.